The monoisotopic (exact) mass is 383 g/mol. The third-order valence-corrected chi connectivity index (χ3v) is 7.14. The maximum absolute atomic E-state index is 13.0. The molecule has 1 N–H and O–H groups in total. The molecular weight excluding hydrogens is 365 g/mol. The van der Waals surface area contributed by atoms with Crippen molar-refractivity contribution < 1.29 is 17.6 Å². The minimum atomic E-state index is -3.78. The number of thiazole rings is 1. The van der Waals surface area contributed by atoms with E-state index in [0.717, 1.165) is 16.9 Å². The first-order chi connectivity index (χ1) is 11.8. The lowest BCUT2D eigenvalue weighted by Gasteiger charge is -2.17. The number of likely N-dealkylation sites (tertiary alicyclic amines) is 1. The van der Waals surface area contributed by atoms with Crippen molar-refractivity contribution in [3.8, 4) is 0 Å². The Morgan fingerprint density at radius 2 is 2.00 bits per heavy atom. The zero-order valence-electron chi connectivity index (χ0n) is 13.8. The molecule has 2 heterocycles. The van der Waals surface area contributed by atoms with E-state index in [9.17, 15) is 17.6 Å². The van der Waals surface area contributed by atoms with Gasteiger partial charge in [0.15, 0.2) is 4.21 Å². The van der Waals surface area contributed by atoms with E-state index >= 15 is 0 Å². The van der Waals surface area contributed by atoms with Crippen LogP contribution in [0.1, 0.15) is 22.7 Å². The average molecular weight is 383 g/mol. The molecule has 1 amide bonds. The highest BCUT2D eigenvalue weighted by molar-refractivity contribution is 7.91. The van der Waals surface area contributed by atoms with E-state index in [4.69, 9.17) is 0 Å². The lowest BCUT2D eigenvalue weighted by molar-refractivity contribution is -0.129. The predicted molar refractivity (Wildman–Crippen MR) is 92.1 cm³/mol. The summed E-state index contributed by atoms with van der Waals surface area (Å²) in [6, 6.07) is 5.12. The maximum atomic E-state index is 13.0. The van der Waals surface area contributed by atoms with Gasteiger partial charge in [0.05, 0.1) is 10.7 Å². The van der Waals surface area contributed by atoms with Gasteiger partial charge in [-0.05, 0) is 38.0 Å². The second kappa shape index (κ2) is 6.81. The molecule has 1 aromatic heterocycles. The van der Waals surface area contributed by atoms with Crippen molar-refractivity contribution in [1.29, 1.82) is 0 Å². The molecule has 0 saturated carbocycles. The van der Waals surface area contributed by atoms with Crippen LogP contribution in [-0.2, 0) is 21.4 Å². The molecule has 6 nitrogen and oxygen atoms in total. The van der Waals surface area contributed by atoms with E-state index in [1.165, 1.54) is 12.1 Å². The number of sulfonamides is 1. The summed E-state index contributed by atoms with van der Waals surface area (Å²) >= 11 is 1.09. The largest absolute Gasteiger partial charge is 0.337 e. The quantitative estimate of drug-likeness (QED) is 0.856. The molecule has 1 unspecified atom stereocenters. The van der Waals surface area contributed by atoms with Gasteiger partial charge < -0.3 is 4.90 Å². The van der Waals surface area contributed by atoms with Crippen LogP contribution < -0.4 is 4.72 Å². The number of hydrogen-bond acceptors (Lipinski definition) is 5. The number of hydrogen-bond donors (Lipinski definition) is 1. The molecule has 3 rings (SSSR count). The fourth-order valence-corrected chi connectivity index (χ4v) is 5.54. The summed E-state index contributed by atoms with van der Waals surface area (Å²) in [4.78, 5) is 18.2. The Bertz CT molecular complexity index is 894. The first kappa shape index (κ1) is 18.0. The van der Waals surface area contributed by atoms with Crippen molar-refractivity contribution in [2.75, 3.05) is 6.54 Å². The summed E-state index contributed by atoms with van der Waals surface area (Å²) in [6.07, 6.45) is 0.399. The summed E-state index contributed by atoms with van der Waals surface area (Å²) in [6.45, 7) is 4.15. The number of benzene rings is 1. The molecule has 1 atom stereocenters. The van der Waals surface area contributed by atoms with Crippen molar-refractivity contribution in [2.45, 2.75) is 37.1 Å². The smallest absolute Gasteiger partial charge is 0.252 e. The molecular formula is C16H18FN3O3S2. The fraction of sp³-hybridized carbons (Fsp3) is 0.375. The number of carbonyl (C=O) groups excluding carboxylic acids is 1. The Kier molecular flexibility index (Phi) is 4.90. The van der Waals surface area contributed by atoms with Gasteiger partial charge in [0, 0.05) is 13.1 Å². The summed E-state index contributed by atoms with van der Waals surface area (Å²) in [7, 11) is -3.78. The van der Waals surface area contributed by atoms with Crippen molar-refractivity contribution in [3.63, 3.8) is 0 Å². The highest BCUT2D eigenvalue weighted by Gasteiger charge is 2.35. The normalized spacial score (nSPS) is 18.1. The fourth-order valence-electron chi connectivity index (χ4n) is 2.82. The zero-order valence-corrected chi connectivity index (χ0v) is 15.5. The number of aromatic nitrogens is 1. The lowest BCUT2D eigenvalue weighted by Crippen LogP contribution is -2.41. The van der Waals surface area contributed by atoms with Crippen LogP contribution in [0.4, 0.5) is 4.39 Å². The molecule has 1 fully saturated rings. The van der Waals surface area contributed by atoms with Gasteiger partial charge in [0.2, 0.25) is 5.91 Å². The van der Waals surface area contributed by atoms with E-state index in [1.54, 1.807) is 30.9 Å². The second-order valence-electron chi connectivity index (χ2n) is 5.95. The van der Waals surface area contributed by atoms with Gasteiger partial charge in [-0.1, -0.05) is 12.1 Å². The van der Waals surface area contributed by atoms with Crippen molar-refractivity contribution in [3.05, 3.63) is 46.3 Å². The minimum Gasteiger partial charge on any atom is -0.337 e. The van der Waals surface area contributed by atoms with E-state index < -0.39 is 16.1 Å². The predicted octanol–water partition coefficient (Wildman–Crippen LogP) is 1.98. The molecule has 1 aliphatic heterocycles. The number of nitrogens with zero attached hydrogens (tertiary/aromatic N) is 2. The average Bonchev–Trinajstić information content (AvgIpc) is 3.06. The van der Waals surface area contributed by atoms with Gasteiger partial charge >= 0.3 is 0 Å². The van der Waals surface area contributed by atoms with E-state index in [1.807, 2.05) is 0 Å². The summed E-state index contributed by atoms with van der Waals surface area (Å²) < 4.78 is 40.6. The molecule has 0 bridgehead atoms. The van der Waals surface area contributed by atoms with Gasteiger partial charge in [0.1, 0.15) is 11.9 Å². The van der Waals surface area contributed by atoms with Crippen LogP contribution in [0.3, 0.4) is 0 Å². The third kappa shape index (κ3) is 3.88. The Morgan fingerprint density at radius 3 is 2.60 bits per heavy atom. The van der Waals surface area contributed by atoms with E-state index in [-0.39, 0.29) is 15.9 Å². The molecule has 1 saturated heterocycles. The topological polar surface area (TPSA) is 79.4 Å². The first-order valence-corrected chi connectivity index (χ1v) is 10.1. The Morgan fingerprint density at radius 1 is 1.32 bits per heavy atom. The van der Waals surface area contributed by atoms with Gasteiger partial charge in [0.25, 0.3) is 10.0 Å². The number of amides is 1. The lowest BCUT2D eigenvalue weighted by atomic mass is 10.2. The Hall–Kier alpha value is -1.84. The summed E-state index contributed by atoms with van der Waals surface area (Å²) in [5.74, 6) is -0.607. The maximum Gasteiger partial charge on any atom is 0.252 e. The summed E-state index contributed by atoms with van der Waals surface area (Å²) in [5.41, 5.74) is 1.23. The molecule has 25 heavy (non-hydrogen) atoms. The SMILES string of the molecule is Cc1nc(C)c(S(=O)(=O)NC2CCN(Cc3ccc(F)cc3)C2=O)s1. The van der Waals surface area contributed by atoms with Crippen LogP contribution >= 0.6 is 11.3 Å². The standard InChI is InChI=1S/C16H18FN3O3S2/c1-10-16(24-11(2)18-10)25(22,23)19-14-7-8-20(15(14)21)9-12-3-5-13(17)6-4-12/h3-6,14,19H,7-9H2,1-2H3. The molecule has 0 aliphatic carbocycles. The molecule has 134 valence electrons. The number of halogens is 1. The molecule has 1 aromatic carbocycles. The van der Waals surface area contributed by atoms with Crippen molar-refractivity contribution in [1.82, 2.24) is 14.6 Å². The highest BCUT2D eigenvalue weighted by Crippen LogP contribution is 2.24. The van der Waals surface area contributed by atoms with Crippen LogP contribution in [0.5, 0.6) is 0 Å². The first-order valence-electron chi connectivity index (χ1n) is 7.76. The van der Waals surface area contributed by atoms with Gasteiger partial charge in [-0.3, -0.25) is 4.79 Å². The van der Waals surface area contributed by atoms with Crippen LogP contribution in [0.15, 0.2) is 28.5 Å². The van der Waals surface area contributed by atoms with Crippen LogP contribution in [-0.4, -0.2) is 36.8 Å². The van der Waals surface area contributed by atoms with Gasteiger partial charge in [-0.25, -0.2) is 17.8 Å². The van der Waals surface area contributed by atoms with Crippen LogP contribution in [0.2, 0.25) is 0 Å². The second-order valence-corrected chi connectivity index (χ2v) is 9.07. The molecule has 9 heteroatoms. The van der Waals surface area contributed by atoms with Crippen LogP contribution in [0, 0.1) is 19.7 Å². The number of rotatable bonds is 5. The van der Waals surface area contributed by atoms with Gasteiger partial charge in [-0.15, -0.1) is 11.3 Å². The molecule has 0 spiro atoms. The van der Waals surface area contributed by atoms with E-state index in [2.05, 4.69) is 9.71 Å². The Balaban J connectivity index is 1.69. The molecule has 1 aliphatic rings. The highest BCUT2D eigenvalue weighted by atomic mass is 32.2. The molecule has 2 aromatic rings. The number of aryl methyl sites for hydroxylation is 2. The molecule has 0 radical (unpaired) electrons. The Labute approximate surface area is 149 Å². The third-order valence-electron chi connectivity index (χ3n) is 3.99. The number of nitrogens with one attached hydrogen (secondary N) is 1. The zero-order chi connectivity index (χ0) is 18.2. The van der Waals surface area contributed by atoms with E-state index in [0.29, 0.717) is 30.2 Å². The van der Waals surface area contributed by atoms with Gasteiger partial charge in [-0.2, -0.15) is 4.72 Å². The van der Waals surface area contributed by atoms with Crippen LogP contribution in [0.25, 0.3) is 0 Å². The minimum absolute atomic E-state index is 0.148. The van der Waals surface area contributed by atoms with Crippen molar-refractivity contribution in [2.24, 2.45) is 0 Å². The number of carbonyl (C=O) groups is 1. The summed E-state index contributed by atoms with van der Waals surface area (Å²) in [5, 5.41) is 0.661. The van der Waals surface area contributed by atoms with Crippen molar-refractivity contribution >= 4 is 27.3 Å².